The Kier molecular flexibility index (Phi) is 3.88. The first kappa shape index (κ1) is 14.0. The number of nitrogens with zero attached hydrogens (tertiary/aromatic N) is 3. The minimum atomic E-state index is -0.00682. The molecule has 21 heavy (non-hydrogen) atoms. The third-order valence-electron chi connectivity index (χ3n) is 4.10. The Morgan fingerprint density at radius 3 is 3.24 bits per heavy atom. The van der Waals surface area contributed by atoms with Crippen LogP contribution in [-0.4, -0.2) is 45.8 Å². The average Bonchev–Trinajstić information content (AvgIpc) is 2.88. The summed E-state index contributed by atoms with van der Waals surface area (Å²) in [7, 11) is 0. The van der Waals surface area contributed by atoms with E-state index in [2.05, 4.69) is 10.1 Å². The second kappa shape index (κ2) is 5.81. The molecule has 1 saturated heterocycles. The Labute approximate surface area is 122 Å². The van der Waals surface area contributed by atoms with Crippen LogP contribution in [0, 0.1) is 12.8 Å². The van der Waals surface area contributed by atoms with Crippen molar-refractivity contribution in [2.24, 2.45) is 5.92 Å². The van der Waals surface area contributed by atoms with E-state index in [0.717, 1.165) is 36.9 Å². The zero-order valence-corrected chi connectivity index (χ0v) is 12.1. The van der Waals surface area contributed by atoms with Gasteiger partial charge >= 0.3 is 0 Å². The highest BCUT2D eigenvalue weighted by Crippen LogP contribution is 2.22. The van der Waals surface area contributed by atoms with E-state index >= 15 is 0 Å². The number of aryl methyl sites for hydroxylation is 1. The maximum atomic E-state index is 12.6. The molecule has 1 aliphatic rings. The normalized spacial score (nSPS) is 19.1. The second-order valence-electron chi connectivity index (χ2n) is 5.62. The number of amides is 1. The quantitative estimate of drug-likeness (QED) is 0.931. The molecule has 3 heterocycles. The number of pyridine rings is 1. The molecule has 0 spiro atoms. The lowest BCUT2D eigenvalue weighted by Crippen LogP contribution is -2.40. The fraction of sp³-hybridized carbons (Fsp3) is 0.533. The maximum absolute atomic E-state index is 12.6. The van der Waals surface area contributed by atoms with Crippen molar-refractivity contribution >= 4 is 17.0 Å². The van der Waals surface area contributed by atoms with E-state index in [1.807, 2.05) is 11.8 Å². The smallest absolute Gasteiger partial charge is 0.257 e. The van der Waals surface area contributed by atoms with Crippen LogP contribution in [0.3, 0.4) is 0 Å². The molecule has 0 aliphatic carbocycles. The minimum absolute atomic E-state index is 0.00682. The van der Waals surface area contributed by atoms with Crippen molar-refractivity contribution in [1.82, 2.24) is 15.0 Å². The van der Waals surface area contributed by atoms with Crippen LogP contribution < -0.4 is 0 Å². The number of rotatable bonds is 3. The molecule has 112 valence electrons. The fourth-order valence-electron chi connectivity index (χ4n) is 2.91. The molecule has 0 saturated carbocycles. The Morgan fingerprint density at radius 1 is 1.57 bits per heavy atom. The fourth-order valence-corrected chi connectivity index (χ4v) is 2.91. The number of hydrogen-bond donors (Lipinski definition) is 1. The van der Waals surface area contributed by atoms with Crippen molar-refractivity contribution in [3.05, 3.63) is 23.5 Å². The molecule has 0 aromatic carbocycles. The molecule has 6 nitrogen and oxygen atoms in total. The lowest BCUT2D eigenvalue weighted by molar-refractivity contribution is 0.0653. The van der Waals surface area contributed by atoms with E-state index in [1.165, 1.54) is 0 Å². The van der Waals surface area contributed by atoms with Crippen LogP contribution in [0.4, 0.5) is 0 Å². The van der Waals surface area contributed by atoms with Gasteiger partial charge in [0.25, 0.3) is 11.6 Å². The third kappa shape index (κ3) is 2.76. The molecule has 3 rings (SSSR count). The summed E-state index contributed by atoms with van der Waals surface area (Å²) in [6, 6.07) is 1.80. The molecule has 1 fully saturated rings. The van der Waals surface area contributed by atoms with Gasteiger partial charge in [0.15, 0.2) is 0 Å². The van der Waals surface area contributed by atoms with Crippen LogP contribution in [0.2, 0.25) is 0 Å². The van der Waals surface area contributed by atoms with Crippen LogP contribution in [-0.2, 0) is 0 Å². The maximum Gasteiger partial charge on any atom is 0.257 e. The van der Waals surface area contributed by atoms with Gasteiger partial charge < -0.3 is 14.5 Å². The standard InChI is InChI=1S/C15H19N3O3/c1-10-13-7-12(8-16-14(13)21-17-10)15(20)18-5-2-3-11(9-18)4-6-19/h7-8,11,19H,2-6,9H2,1H3. The van der Waals surface area contributed by atoms with Crippen LogP contribution >= 0.6 is 0 Å². The molecule has 0 bridgehead atoms. The first-order valence-corrected chi connectivity index (χ1v) is 7.31. The van der Waals surface area contributed by atoms with E-state index < -0.39 is 0 Å². The van der Waals surface area contributed by atoms with Crippen molar-refractivity contribution in [1.29, 1.82) is 0 Å². The number of likely N-dealkylation sites (tertiary alicyclic amines) is 1. The first-order valence-electron chi connectivity index (χ1n) is 7.31. The molecular formula is C15H19N3O3. The SMILES string of the molecule is Cc1noc2ncc(C(=O)N3CCCC(CCO)C3)cc12. The molecule has 1 aliphatic heterocycles. The molecule has 2 aromatic heterocycles. The van der Waals surface area contributed by atoms with Gasteiger partial charge in [-0.3, -0.25) is 4.79 Å². The predicted octanol–water partition coefficient (Wildman–Crippen LogP) is 1.77. The number of hydrogen-bond acceptors (Lipinski definition) is 5. The predicted molar refractivity (Wildman–Crippen MR) is 76.9 cm³/mol. The van der Waals surface area contributed by atoms with Gasteiger partial charge in [0.1, 0.15) is 0 Å². The topological polar surface area (TPSA) is 79.5 Å². The summed E-state index contributed by atoms with van der Waals surface area (Å²) in [5.41, 5.74) is 1.77. The monoisotopic (exact) mass is 289 g/mol. The van der Waals surface area contributed by atoms with E-state index in [-0.39, 0.29) is 12.5 Å². The van der Waals surface area contributed by atoms with Crippen molar-refractivity contribution in [3.63, 3.8) is 0 Å². The lowest BCUT2D eigenvalue weighted by Gasteiger charge is -2.32. The van der Waals surface area contributed by atoms with Gasteiger partial charge in [0, 0.05) is 25.9 Å². The molecular weight excluding hydrogens is 270 g/mol. The van der Waals surface area contributed by atoms with Crippen LogP contribution in [0.5, 0.6) is 0 Å². The Bertz CT molecular complexity index is 651. The highest BCUT2D eigenvalue weighted by Gasteiger charge is 2.24. The minimum Gasteiger partial charge on any atom is -0.396 e. The summed E-state index contributed by atoms with van der Waals surface area (Å²) in [5, 5.41) is 13.7. The van der Waals surface area contributed by atoms with Gasteiger partial charge in [-0.15, -0.1) is 0 Å². The van der Waals surface area contributed by atoms with Gasteiger partial charge in [-0.25, -0.2) is 4.98 Å². The van der Waals surface area contributed by atoms with Gasteiger partial charge in [-0.05, 0) is 38.2 Å². The summed E-state index contributed by atoms with van der Waals surface area (Å²) in [4.78, 5) is 18.6. The number of piperidine rings is 1. The lowest BCUT2D eigenvalue weighted by atomic mass is 9.95. The summed E-state index contributed by atoms with van der Waals surface area (Å²) in [5.74, 6) is 0.384. The molecule has 1 atom stereocenters. The van der Waals surface area contributed by atoms with Crippen molar-refractivity contribution < 1.29 is 14.4 Å². The summed E-state index contributed by atoms with van der Waals surface area (Å²) < 4.78 is 5.06. The molecule has 1 unspecified atom stereocenters. The van der Waals surface area contributed by atoms with Gasteiger partial charge in [0.2, 0.25) is 0 Å². The molecule has 1 amide bonds. The number of carbonyl (C=O) groups is 1. The second-order valence-corrected chi connectivity index (χ2v) is 5.62. The molecule has 6 heteroatoms. The van der Waals surface area contributed by atoms with Crippen LogP contribution in [0.25, 0.3) is 11.1 Å². The Morgan fingerprint density at radius 2 is 2.43 bits per heavy atom. The zero-order chi connectivity index (χ0) is 14.8. The number of aliphatic hydroxyl groups is 1. The first-order chi connectivity index (χ1) is 10.2. The average molecular weight is 289 g/mol. The highest BCUT2D eigenvalue weighted by atomic mass is 16.5. The summed E-state index contributed by atoms with van der Waals surface area (Å²) in [6.07, 6.45) is 4.36. The zero-order valence-electron chi connectivity index (χ0n) is 12.1. The van der Waals surface area contributed by atoms with Crippen molar-refractivity contribution in [3.8, 4) is 0 Å². The summed E-state index contributed by atoms with van der Waals surface area (Å²) >= 11 is 0. The Hall–Kier alpha value is -1.95. The van der Waals surface area contributed by atoms with Gasteiger partial charge in [-0.1, -0.05) is 5.16 Å². The molecule has 1 N–H and O–H groups in total. The largest absolute Gasteiger partial charge is 0.396 e. The number of aromatic nitrogens is 2. The van der Waals surface area contributed by atoms with E-state index in [9.17, 15) is 4.79 Å². The summed E-state index contributed by atoms with van der Waals surface area (Å²) in [6.45, 7) is 3.49. The number of carbonyl (C=O) groups excluding carboxylic acids is 1. The van der Waals surface area contributed by atoms with Crippen LogP contribution in [0.15, 0.2) is 16.8 Å². The highest BCUT2D eigenvalue weighted by molar-refractivity contribution is 5.97. The number of aliphatic hydroxyl groups excluding tert-OH is 1. The van der Waals surface area contributed by atoms with E-state index in [1.54, 1.807) is 12.3 Å². The van der Waals surface area contributed by atoms with Gasteiger partial charge in [-0.2, -0.15) is 0 Å². The van der Waals surface area contributed by atoms with E-state index in [0.29, 0.717) is 23.7 Å². The molecule has 2 aromatic rings. The van der Waals surface area contributed by atoms with Crippen molar-refractivity contribution in [2.75, 3.05) is 19.7 Å². The van der Waals surface area contributed by atoms with Crippen LogP contribution in [0.1, 0.15) is 35.3 Å². The van der Waals surface area contributed by atoms with E-state index in [4.69, 9.17) is 9.63 Å². The van der Waals surface area contributed by atoms with Gasteiger partial charge in [0.05, 0.1) is 16.6 Å². The van der Waals surface area contributed by atoms with Crippen molar-refractivity contribution in [2.45, 2.75) is 26.2 Å². The number of fused-ring (bicyclic) bond motifs is 1. The molecule has 0 radical (unpaired) electrons. The Balaban J connectivity index is 1.80. The third-order valence-corrected chi connectivity index (χ3v) is 4.10.